The van der Waals surface area contributed by atoms with Crippen LogP contribution >= 0.6 is 0 Å². The Morgan fingerprint density at radius 1 is 1.00 bits per heavy atom. The van der Waals surface area contributed by atoms with Crippen LogP contribution in [0.3, 0.4) is 0 Å². The quantitative estimate of drug-likeness (QED) is 0.242. The molecule has 1 N–H and O–H groups in total. The average molecular weight is 597 g/mol. The minimum Gasteiger partial charge on any atom is -0.497 e. The maximum absolute atomic E-state index is 14.0. The first kappa shape index (κ1) is 32.1. The van der Waals surface area contributed by atoms with Gasteiger partial charge in [0.05, 0.1) is 22.6 Å². The number of sulfonamides is 1. The van der Waals surface area contributed by atoms with E-state index in [0.717, 1.165) is 21.5 Å². The predicted octanol–water partition coefficient (Wildman–Crippen LogP) is 4.36. The van der Waals surface area contributed by atoms with Gasteiger partial charge >= 0.3 is 0 Å². The third kappa shape index (κ3) is 7.64. The van der Waals surface area contributed by atoms with Gasteiger partial charge in [-0.15, -0.1) is 0 Å². The second-order valence-electron chi connectivity index (χ2n) is 10.3. The lowest BCUT2D eigenvalue weighted by atomic mass is 10.1. The molecule has 11 nitrogen and oxygen atoms in total. The highest BCUT2D eigenvalue weighted by molar-refractivity contribution is 7.92. The molecule has 42 heavy (non-hydrogen) atoms. The van der Waals surface area contributed by atoms with Gasteiger partial charge in [0, 0.05) is 24.2 Å². The van der Waals surface area contributed by atoms with Gasteiger partial charge < -0.3 is 15.0 Å². The summed E-state index contributed by atoms with van der Waals surface area (Å²) in [6.07, 6.45) is 0. The largest absolute Gasteiger partial charge is 0.497 e. The second-order valence-corrected chi connectivity index (χ2v) is 12.1. The van der Waals surface area contributed by atoms with Crippen molar-refractivity contribution < 1.29 is 27.7 Å². The summed E-state index contributed by atoms with van der Waals surface area (Å²) in [7, 11) is -3.02. The van der Waals surface area contributed by atoms with E-state index in [-0.39, 0.29) is 34.8 Å². The van der Waals surface area contributed by atoms with Crippen molar-refractivity contribution in [3.05, 3.63) is 93.5 Å². The Balaban J connectivity index is 2.10. The van der Waals surface area contributed by atoms with Crippen LogP contribution < -0.4 is 14.4 Å². The first-order chi connectivity index (χ1) is 19.7. The zero-order valence-electron chi connectivity index (χ0n) is 24.5. The van der Waals surface area contributed by atoms with E-state index in [4.69, 9.17) is 4.74 Å². The van der Waals surface area contributed by atoms with Gasteiger partial charge in [0.15, 0.2) is 0 Å². The van der Waals surface area contributed by atoms with Gasteiger partial charge in [-0.1, -0.05) is 35.9 Å². The van der Waals surface area contributed by atoms with Crippen LogP contribution in [0.15, 0.2) is 71.6 Å². The molecule has 12 heteroatoms. The summed E-state index contributed by atoms with van der Waals surface area (Å²) in [4.78, 5) is 38.9. The maximum Gasteiger partial charge on any atom is 0.273 e. The minimum atomic E-state index is -4.48. The zero-order chi connectivity index (χ0) is 31.2. The minimum absolute atomic E-state index is 0.0553. The molecule has 0 fully saturated rings. The number of nitrogens with one attached hydrogen (secondary N) is 1. The zero-order valence-corrected chi connectivity index (χ0v) is 25.3. The Morgan fingerprint density at radius 3 is 2.24 bits per heavy atom. The van der Waals surface area contributed by atoms with Crippen LogP contribution in [-0.2, 0) is 26.2 Å². The fraction of sp³-hybridized carbons (Fsp3) is 0.333. The molecular weight excluding hydrogens is 560 g/mol. The number of benzene rings is 3. The molecule has 0 spiro atoms. The van der Waals surface area contributed by atoms with Gasteiger partial charge in [0.25, 0.3) is 15.7 Å². The van der Waals surface area contributed by atoms with Crippen LogP contribution in [0.25, 0.3) is 0 Å². The van der Waals surface area contributed by atoms with Gasteiger partial charge in [-0.25, -0.2) is 8.42 Å². The molecule has 3 aromatic carbocycles. The summed E-state index contributed by atoms with van der Waals surface area (Å²) in [6.45, 7) is 7.99. The Labute approximate surface area is 246 Å². The number of rotatable bonds is 12. The smallest absolute Gasteiger partial charge is 0.273 e. The predicted molar refractivity (Wildman–Crippen MR) is 160 cm³/mol. The van der Waals surface area contributed by atoms with E-state index in [1.807, 2.05) is 31.2 Å². The molecule has 0 bridgehead atoms. The third-order valence-corrected chi connectivity index (χ3v) is 8.41. The topological polar surface area (TPSA) is 139 Å². The van der Waals surface area contributed by atoms with Gasteiger partial charge in [-0.05, 0) is 70.5 Å². The van der Waals surface area contributed by atoms with Crippen molar-refractivity contribution in [2.75, 3.05) is 18.0 Å². The number of anilines is 1. The van der Waals surface area contributed by atoms with Gasteiger partial charge in [0.1, 0.15) is 18.3 Å². The van der Waals surface area contributed by atoms with E-state index >= 15 is 0 Å². The Bertz CT molecular complexity index is 1560. The first-order valence-electron chi connectivity index (χ1n) is 13.3. The summed E-state index contributed by atoms with van der Waals surface area (Å²) >= 11 is 0. The summed E-state index contributed by atoms with van der Waals surface area (Å²) in [5, 5.41) is 14.4. The lowest BCUT2D eigenvalue weighted by molar-refractivity contribution is -0.385. The number of nitrogens with zero attached hydrogens (tertiary/aromatic N) is 3. The summed E-state index contributed by atoms with van der Waals surface area (Å²) < 4.78 is 34.1. The number of aryl methyl sites for hydroxylation is 2. The molecule has 0 saturated heterocycles. The van der Waals surface area contributed by atoms with E-state index in [2.05, 4.69) is 5.32 Å². The standard InChI is InChI=1S/C30H36N4O7S/c1-20(2)31-30(36)23(5)32(18-24-9-7-8-21(3)16-24)29(35)19-33(25-11-13-26(41-6)14-12-25)42(39,40)27-15-10-22(4)28(17-27)34(37)38/h7-17,20,23H,18-19H2,1-6H3,(H,31,36). The number of carbonyl (C=O) groups is 2. The number of hydrogen-bond acceptors (Lipinski definition) is 7. The van der Waals surface area contributed by atoms with E-state index in [1.54, 1.807) is 32.9 Å². The highest BCUT2D eigenvalue weighted by atomic mass is 32.2. The van der Waals surface area contributed by atoms with Crippen LogP contribution in [-0.4, -0.2) is 55.8 Å². The molecule has 0 radical (unpaired) electrons. The number of amides is 2. The number of ether oxygens (including phenoxy) is 1. The highest BCUT2D eigenvalue weighted by Gasteiger charge is 2.33. The van der Waals surface area contributed by atoms with Crippen LogP contribution in [0.5, 0.6) is 5.75 Å². The molecule has 1 atom stereocenters. The molecule has 0 heterocycles. The van der Waals surface area contributed by atoms with Gasteiger partial charge in [-0.2, -0.15) is 0 Å². The van der Waals surface area contributed by atoms with E-state index in [9.17, 15) is 28.1 Å². The van der Waals surface area contributed by atoms with Crippen LogP contribution in [0.1, 0.15) is 37.5 Å². The molecule has 3 aromatic rings. The average Bonchev–Trinajstić information content (AvgIpc) is 2.93. The number of nitro groups is 1. The van der Waals surface area contributed by atoms with Crippen molar-refractivity contribution in [1.29, 1.82) is 0 Å². The summed E-state index contributed by atoms with van der Waals surface area (Å²) in [5.41, 5.74) is 1.79. The molecule has 0 aliphatic heterocycles. The van der Waals surface area contributed by atoms with Crippen molar-refractivity contribution in [3.63, 3.8) is 0 Å². The maximum atomic E-state index is 14.0. The second kappa shape index (κ2) is 13.5. The Hall–Kier alpha value is -4.45. The monoisotopic (exact) mass is 596 g/mol. The van der Waals surface area contributed by atoms with E-state index in [0.29, 0.717) is 11.3 Å². The summed E-state index contributed by atoms with van der Waals surface area (Å²) in [5.74, 6) is -0.559. The number of hydrogen-bond donors (Lipinski definition) is 1. The van der Waals surface area contributed by atoms with Crippen molar-refractivity contribution in [1.82, 2.24) is 10.2 Å². The molecule has 0 aromatic heterocycles. The molecule has 224 valence electrons. The Morgan fingerprint density at radius 2 is 1.67 bits per heavy atom. The first-order valence-corrected chi connectivity index (χ1v) is 14.8. The lowest BCUT2D eigenvalue weighted by Gasteiger charge is -2.32. The molecule has 0 aliphatic carbocycles. The number of methoxy groups -OCH3 is 1. The van der Waals surface area contributed by atoms with E-state index in [1.165, 1.54) is 43.2 Å². The van der Waals surface area contributed by atoms with Crippen molar-refractivity contribution >= 4 is 33.2 Å². The number of carbonyl (C=O) groups excluding carboxylic acids is 2. The molecule has 0 aliphatic rings. The number of nitro benzene ring substituents is 1. The van der Waals surface area contributed by atoms with Gasteiger partial charge in [-0.3, -0.25) is 24.0 Å². The van der Waals surface area contributed by atoms with Gasteiger partial charge in [0.2, 0.25) is 11.8 Å². The van der Waals surface area contributed by atoms with E-state index < -0.39 is 33.4 Å². The molecule has 1 unspecified atom stereocenters. The molecule has 3 rings (SSSR count). The molecular formula is C30H36N4O7S. The molecule has 0 saturated carbocycles. The Kier molecular flexibility index (Phi) is 10.3. The highest BCUT2D eigenvalue weighted by Crippen LogP contribution is 2.29. The van der Waals surface area contributed by atoms with Crippen molar-refractivity contribution in [2.45, 2.75) is 58.1 Å². The van der Waals surface area contributed by atoms with Crippen molar-refractivity contribution in [2.24, 2.45) is 0 Å². The van der Waals surface area contributed by atoms with Crippen LogP contribution in [0.2, 0.25) is 0 Å². The normalized spacial score (nSPS) is 12.0. The fourth-order valence-corrected chi connectivity index (χ4v) is 5.78. The lowest BCUT2D eigenvalue weighted by Crippen LogP contribution is -2.52. The van der Waals surface area contributed by atoms with Crippen molar-refractivity contribution in [3.8, 4) is 5.75 Å². The summed E-state index contributed by atoms with van der Waals surface area (Å²) in [6, 6.07) is 16.0. The van der Waals surface area contributed by atoms with Crippen LogP contribution in [0, 0.1) is 24.0 Å². The SMILES string of the molecule is COc1ccc(N(CC(=O)N(Cc2cccc(C)c2)C(C)C(=O)NC(C)C)S(=O)(=O)c2ccc(C)c([N+](=O)[O-])c2)cc1. The van der Waals surface area contributed by atoms with Crippen LogP contribution in [0.4, 0.5) is 11.4 Å². The third-order valence-electron chi connectivity index (χ3n) is 6.64. The molecule has 2 amide bonds. The fourth-order valence-electron chi connectivity index (χ4n) is 4.35.